The van der Waals surface area contributed by atoms with E-state index in [4.69, 9.17) is 34.0 Å². The number of aliphatic hydroxyl groups is 3. The third kappa shape index (κ3) is 7.70. The minimum absolute atomic E-state index is 0.0885. The van der Waals surface area contributed by atoms with Gasteiger partial charge in [0, 0.05) is 12.5 Å². The smallest absolute Gasteiger partial charge is 0.244 e. The van der Waals surface area contributed by atoms with E-state index in [1.807, 2.05) is 158 Å². The van der Waals surface area contributed by atoms with E-state index in [1.54, 1.807) is 28.4 Å². The van der Waals surface area contributed by atoms with Crippen molar-refractivity contribution in [3.05, 3.63) is 203 Å². The van der Waals surface area contributed by atoms with Gasteiger partial charge in [0.15, 0.2) is 11.5 Å². The number of methoxy groups -OCH3 is 4. The van der Waals surface area contributed by atoms with E-state index in [0.29, 0.717) is 23.0 Å². The lowest BCUT2D eigenvalue weighted by Crippen LogP contribution is -2.51. The van der Waals surface area contributed by atoms with Gasteiger partial charge in [-0.1, -0.05) is 109 Å². The zero-order valence-electron chi connectivity index (χ0n) is 38.9. The molecule has 0 amide bonds. The van der Waals surface area contributed by atoms with Gasteiger partial charge in [-0.05, 0) is 95.3 Å². The highest BCUT2D eigenvalue weighted by Crippen LogP contribution is 2.52. The highest BCUT2D eigenvalue weighted by Gasteiger charge is 2.63. The van der Waals surface area contributed by atoms with Crippen LogP contribution in [-0.4, -0.2) is 81.7 Å². The fourth-order valence-electron chi connectivity index (χ4n) is 10.00. The maximum absolute atomic E-state index is 12.2. The van der Waals surface area contributed by atoms with Crippen LogP contribution in [0.3, 0.4) is 0 Å². The second-order valence-electron chi connectivity index (χ2n) is 17.3. The van der Waals surface area contributed by atoms with E-state index in [2.05, 4.69) is 16.7 Å². The van der Waals surface area contributed by atoms with Gasteiger partial charge in [0.25, 0.3) is 0 Å². The zero-order valence-corrected chi connectivity index (χ0v) is 38.9. The summed E-state index contributed by atoms with van der Waals surface area (Å²) in [6.07, 6.45) is -0.0447. The van der Waals surface area contributed by atoms with Gasteiger partial charge in [-0.25, -0.2) is 9.50 Å². The summed E-state index contributed by atoms with van der Waals surface area (Å²) in [7, 11) is 6.47. The first-order valence-corrected chi connectivity index (χ1v) is 22.5. The van der Waals surface area contributed by atoms with Gasteiger partial charge < -0.3 is 44.9 Å². The topological polar surface area (TPSA) is 189 Å². The Balaban J connectivity index is 1.37. The summed E-state index contributed by atoms with van der Waals surface area (Å²) in [5.74, 6) is 2.15. The zero-order chi connectivity index (χ0) is 48.4. The Morgan fingerprint density at radius 1 is 0.638 bits per heavy atom. The van der Waals surface area contributed by atoms with E-state index in [-0.39, 0.29) is 29.5 Å². The predicted octanol–water partition coefficient (Wildman–Crippen LogP) is 7.85. The molecule has 14 heteroatoms. The molecule has 0 saturated heterocycles. The van der Waals surface area contributed by atoms with Crippen LogP contribution in [0, 0.1) is 17.2 Å². The Labute approximate surface area is 400 Å². The van der Waals surface area contributed by atoms with Gasteiger partial charge in [0.1, 0.15) is 45.1 Å². The van der Waals surface area contributed by atoms with Crippen molar-refractivity contribution in [2.45, 2.75) is 41.5 Å². The van der Waals surface area contributed by atoms with Crippen LogP contribution >= 0.6 is 0 Å². The van der Waals surface area contributed by atoms with Crippen molar-refractivity contribution in [3.8, 4) is 29.1 Å². The Morgan fingerprint density at radius 3 is 1.39 bits per heavy atom. The molecule has 0 unspecified atom stereocenters. The normalized spacial score (nSPS) is 19.1. The number of ether oxygens (including phenoxy) is 4. The van der Waals surface area contributed by atoms with Crippen LogP contribution in [0.2, 0.25) is 0 Å². The van der Waals surface area contributed by atoms with Crippen molar-refractivity contribution in [1.29, 1.82) is 5.26 Å². The Kier molecular flexibility index (Phi) is 12.5. The van der Waals surface area contributed by atoms with Crippen LogP contribution < -0.4 is 29.6 Å². The Bertz CT molecular complexity index is 2980. The third-order valence-electron chi connectivity index (χ3n) is 13.8. The van der Waals surface area contributed by atoms with Gasteiger partial charge in [-0.3, -0.25) is 0 Å². The molecule has 69 heavy (non-hydrogen) atoms. The minimum Gasteiger partial charge on any atom is -0.497 e. The number of imidazole rings is 1. The minimum atomic E-state index is -2.04. The molecule has 1 fully saturated rings. The van der Waals surface area contributed by atoms with Gasteiger partial charge >= 0.3 is 0 Å². The summed E-state index contributed by atoms with van der Waals surface area (Å²) in [6, 6.07) is 53.2. The predicted molar refractivity (Wildman–Crippen MR) is 262 cm³/mol. The summed E-state index contributed by atoms with van der Waals surface area (Å²) in [4.78, 5) is 10.3. The van der Waals surface area contributed by atoms with Crippen molar-refractivity contribution in [2.24, 2.45) is 5.92 Å². The molecule has 1 saturated carbocycles. The summed E-state index contributed by atoms with van der Waals surface area (Å²) in [6.45, 7) is 0.954. The van der Waals surface area contributed by atoms with Gasteiger partial charge in [-0.2, -0.15) is 10.2 Å². The van der Waals surface area contributed by atoms with E-state index < -0.39 is 40.7 Å². The van der Waals surface area contributed by atoms with Crippen LogP contribution in [0.1, 0.15) is 52.4 Å². The molecule has 0 radical (unpaired) electrons. The summed E-state index contributed by atoms with van der Waals surface area (Å²) in [5, 5.41) is 58.3. The first-order chi connectivity index (χ1) is 33.5. The molecule has 1 aliphatic carbocycles. The summed E-state index contributed by atoms with van der Waals surface area (Å²) >= 11 is 0. The van der Waals surface area contributed by atoms with Crippen molar-refractivity contribution in [3.63, 3.8) is 0 Å². The number of anilines is 2. The Hall–Kier alpha value is -7.96. The lowest BCUT2D eigenvalue weighted by atomic mass is 9.73. The first kappa shape index (κ1) is 46.2. The second-order valence-corrected chi connectivity index (χ2v) is 17.3. The molecule has 0 bridgehead atoms. The largest absolute Gasteiger partial charge is 0.497 e. The number of aliphatic hydroxyl groups excluding tert-OH is 2. The third-order valence-corrected chi connectivity index (χ3v) is 13.8. The molecule has 6 aromatic carbocycles. The molecule has 8 aromatic rings. The van der Waals surface area contributed by atoms with Gasteiger partial charge in [-0.15, -0.1) is 5.10 Å². The molecule has 4 atom stereocenters. The standard InChI is InChI=1S/C55H53N7O7/c1-52(65)48(64)36(34-63)32-53(52,35-56)47-33-57-50-49(59-54(37-12-8-6-9-13-37,39-16-24-43(66-2)25-17-39)40-18-26-44(67-3)27-19-40)58-51(61-62(47)50)60-55(38-14-10-7-11-15-38,41-20-28-45(68-4)29-21-41)42-22-30-46(69-5)31-23-42/h6-31,33,36,48,63-65H,32,34H2,1-5H3,(H2,58,59,60,61)/t36-,48-,52-,53-/m1/s1. The van der Waals surface area contributed by atoms with E-state index in [9.17, 15) is 20.6 Å². The average molecular weight is 924 g/mol. The lowest BCUT2D eigenvalue weighted by Gasteiger charge is -2.39. The van der Waals surface area contributed by atoms with Crippen molar-refractivity contribution in [1.82, 2.24) is 19.6 Å². The summed E-state index contributed by atoms with van der Waals surface area (Å²) in [5.41, 5.74) is -0.943. The van der Waals surface area contributed by atoms with Gasteiger partial charge in [0.05, 0.1) is 52.5 Å². The van der Waals surface area contributed by atoms with Crippen LogP contribution in [-0.2, 0) is 16.5 Å². The monoisotopic (exact) mass is 923 g/mol. The quantitative estimate of drug-likeness (QED) is 0.0590. The van der Waals surface area contributed by atoms with Crippen molar-refractivity contribution in [2.75, 3.05) is 45.7 Å². The molecular formula is C55H53N7O7. The van der Waals surface area contributed by atoms with Gasteiger partial charge in [0.2, 0.25) is 5.95 Å². The maximum Gasteiger partial charge on any atom is 0.244 e. The number of hydrogen-bond acceptors (Lipinski definition) is 13. The number of nitrogens with one attached hydrogen (secondary N) is 2. The van der Waals surface area contributed by atoms with E-state index in [1.165, 1.54) is 17.6 Å². The average Bonchev–Trinajstić information content (AvgIpc) is 3.92. The molecule has 1 aliphatic rings. The second kappa shape index (κ2) is 18.6. The molecule has 5 N–H and O–H groups in total. The van der Waals surface area contributed by atoms with Crippen molar-refractivity contribution >= 4 is 17.4 Å². The lowest BCUT2D eigenvalue weighted by molar-refractivity contribution is -0.0818. The number of hydrogen-bond donors (Lipinski definition) is 5. The number of rotatable bonds is 16. The Morgan fingerprint density at radius 2 is 1.03 bits per heavy atom. The number of nitriles is 1. The number of benzene rings is 6. The molecule has 350 valence electrons. The number of fused-ring (bicyclic) bond motifs is 1. The highest BCUT2D eigenvalue weighted by atomic mass is 16.5. The molecule has 14 nitrogen and oxygen atoms in total. The highest BCUT2D eigenvalue weighted by molar-refractivity contribution is 5.71. The number of aromatic nitrogens is 4. The van der Waals surface area contributed by atoms with Crippen LogP contribution in [0.5, 0.6) is 23.0 Å². The maximum atomic E-state index is 12.2. The molecule has 2 aromatic heterocycles. The molecule has 0 aliphatic heterocycles. The first-order valence-electron chi connectivity index (χ1n) is 22.5. The summed E-state index contributed by atoms with van der Waals surface area (Å²) < 4.78 is 24.0. The van der Waals surface area contributed by atoms with E-state index >= 15 is 0 Å². The SMILES string of the molecule is COc1ccc(C(Nc2nc(NC(c3ccccc3)(c3ccc(OC)cc3)c3ccc(OC)cc3)c3ncc([C@]4(C#N)C[C@H](CO)[C@@H](O)[C@@]4(C)O)n3n2)(c2ccccc2)c2ccc(OC)cc2)cc1. The van der Waals surface area contributed by atoms with E-state index in [0.717, 1.165) is 33.4 Å². The molecular weight excluding hydrogens is 871 g/mol. The molecule has 9 rings (SSSR count). The fourth-order valence-corrected chi connectivity index (χ4v) is 10.00. The van der Waals surface area contributed by atoms with Crippen LogP contribution in [0.25, 0.3) is 5.65 Å². The number of nitrogens with zero attached hydrogens (tertiary/aromatic N) is 5. The van der Waals surface area contributed by atoms with Crippen LogP contribution in [0.15, 0.2) is 164 Å². The molecule has 2 heterocycles. The van der Waals surface area contributed by atoms with Crippen LogP contribution in [0.4, 0.5) is 11.8 Å². The fraction of sp³-hybridized carbons (Fsp3) is 0.236. The van der Waals surface area contributed by atoms with Crippen molar-refractivity contribution < 1.29 is 34.3 Å². The molecule has 0 spiro atoms.